The first-order chi connectivity index (χ1) is 10.2. The predicted octanol–water partition coefficient (Wildman–Crippen LogP) is 1.08. The van der Waals surface area contributed by atoms with Gasteiger partial charge in [-0.15, -0.1) is 11.3 Å². The van der Waals surface area contributed by atoms with Crippen molar-refractivity contribution < 1.29 is 4.79 Å². The van der Waals surface area contributed by atoms with Crippen LogP contribution >= 0.6 is 11.3 Å². The smallest absolute Gasteiger partial charge is 0.240 e. The number of aromatic nitrogens is 2. The van der Waals surface area contributed by atoms with Gasteiger partial charge in [0.05, 0.1) is 5.39 Å². The summed E-state index contributed by atoms with van der Waals surface area (Å²) in [6.45, 7) is 3.28. The van der Waals surface area contributed by atoms with E-state index in [0.717, 1.165) is 42.0 Å². The molecule has 4 N–H and O–H groups in total. The highest BCUT2D eigenvalue weighted by Gasteiger charge is 2.23. The number of hydrogen-bond donors (Lipinski definition) is 3. The van der Waals surface area contributed by atoms with Crippen LogP contribution in [0.3, 0.4) is 0 Å². The van der Waals surface area contributed by atoms with Gasteiger partial charge >= 0.3 is 0 Å². The molecule has 3 heterocycles. The van der Waals surface area contributed by atoms with Crippen LogP contribution in [0.4, 0.5) is 11.8 Å². The molecule has 21 heavy (non-hydrogen) atoms. The molecule has 0 unspecified atom stereocenters. The Kier molecular flexibility index (Phi) is 3.89. The Hall–Kier alpha value is -1.93. The lowest BCUT2D eigenvalue weighted by molar-refractivity contribution is -0.119. The number of rotatable bonds is 3. The Morgan fingerprint density at radius 3 is 2.86 bits per heavy atom. The fourth-order valence-corrected chi connectivity index (χ4v) is 3.43. The van der Waals surface area contributed by atoms with Crippen molar-refractivity contribution in [3.63, 3.8) is 0 Å². The third kappa shape index (κ3) is 2.91. The van der Waals surface area contributed by atoms with E-state index >= 15 is 0 Å². The van der Waals surface area contributed by atoms with Crippen LogP contribution in [0.25, 0.3) is 10.2 Å². The summed E-state index contributed by atoms with van der Waals surface area (Å²) in [5.74, 6) is 6.83. The molecule has 1 fully saturated rings. The number of piperidine rings is 1. The van der Waals surface area contributed by atoms with Gasteiger partial charge in [-0.2, -0.15) is 4.98 Å². The molecule has 0 saturated carbocycles. The van der Waals surface area contributed by atoms with Crippen molar-refractivity contribution in [3.8, 4) is 0 Å². The number of hydrazine groups is 1. The number of nitrogen functional groups attached to an aromatic ring is 1. The molecule has 1 amide bonds. The van der Waals surface area contributed by atoms with Crippen LogP contribution in [-0.2, 0) is 4.79 Å². The molecule has 0 radical (unpaired) electrons. The molecule has 1 aliphatic rings. The molecular formula is C13H18N6OS. The van der Waals surface area contributed by atoms with E-state index in [9.17, 15) is 4.79 Å². The van der Waals surface area contributed by atoms with Crippen LogP contribution in [-0.4, -0.2) is 35.0 Å². The monoisotopic (exact) mass is 306 g/mol. The topological polar surface area (TPSA) is 96.2 Å². The summed E-state index contributed by atoms with van der Waals surface area (Å²) in [7, 11) is 0. The summed E-state index contributed by atoms with van der Waals surface area (Å²) in [4.78, 5) is 23.1. The van der Waals surface area contributed by atoms with Gasteiger partial charge in [-0.05, 0) is 24.3 Å². The van der Waals surface area contributed by atoms with E-state index in [-0.39, 0.29) is 11.9 Å². The predicted molar refractivity (Wildman–Crippen MR) is 84.3 cm³/mol. The molecule has 2 aromatic rings. The highest BCUT2D eigenvalue weighted by Crippen LogP contribution is 2.30. The maximum absolute atomic E-state index is 11.1. The van der Waals surface area contributed by atoms with E-state index < -0.39 is 0 Å². The number of fused-ring (bicyclic) bond motifs is 1. The molecule has 2 aromatic heterocycles. The van der Waals surface area contributed by atoms with E-state index in [1.165, 1.54) is 0 Å². The van der Waals surface area contributed by atoms with Crippen molar-refractivity contribution in [3.05, 3.63) is 11.4 Å². The first-order valence-electron chi connectivity index (χ1n) is 6.91. The van der Waals surface area contributed by atoms with Gasteiger partial charge in [-0.1, -0.05) is 0 Å². The molecule has 0 aliphatic carbocycles. The van der Waals surface area contributed by atoms with Gasteiger partial charge in [0.1, 0.15) is 10.6 Å². The molecule has 112 valence electrons. The number of anilines is 2. The molecule has 0 atom stereocenters. The van der Waals surface area contributed by atoms with E-state index in [4.69, 9.17) is 5.84 Å². The van der Waals surface area contributed by atoms with Crippen LogP contribution in [0, 0.1) is 0 Å². The number of carbonyl (C=O) groups is 1. The average molecular weight is 306 g/mol. The molecule has 1 saturated heterocycles. The van der Waals surface area contributed by atoms with Gasteiger partial charge in [0, 0.05) is 26.1 Å². The molecule has 7 nitrogen and oxygen atoms in total. The maximum Gasteiger partial charge on any atom is 0.240 e. The Morgan fingerprint density at radius 2 is 2.19 bits per heavy atom. The molecule has 0 spiro atoms. The van der Waals surface area contributed by atoms with Gasteiger partial charge in [0.25, 0.3) is 0 Å². The van der Waals surface area contributed by atoms with Gasteiger partial charge in [-0.25, -0.2) is 10.8 Å². The standard InChI is InChI=1S/C13H18N6OS/c1-8(20)15-9-2-5-19(6-3-9)11-10-4-7-21-12(10)17-13(16-11)18-14/h4,7,9H,2-3,5-6,14H2,1H3,(H,15,20)(H,16,17,18). The summed E-state index contributed by atoms with van der Waals surface area (Å²) in [6, 6.07) is 2.29. The lowest BCUT2D eigenvalue weighted by Crippen LogP contribution is -2.44. The number of nitrogens with two attached hydrogens (primary N) is 1. The number of hydrogen-bond acceptors (Lipinski definition) is 7. The molecule has 0 aromatic carbocycles. The Bertz CT molecular complexity index is 649. The van der Waals surface area contributed by atoms with Gasteiger partial charge in [0.15, 0.2) is 0 Å². The molecular weight excluding hydrogens is 288 g/mol. The van der Waals surface area contributed by atoms with Gasteiger partial charge < -0.3 is 10.2 Å². The zero-order valence-electron chi connectivity index (χ0n) is 11.8. The van der Waals surface area contributed by atoms with Crippen LogP contribution in [0.15, 0.2) is 11.4 Å². The number of nitrogens with zero attached hydrogens (tertiary/aromatic N) is 3. The number of carbonyl (C=O) groups excluding carboxylic acids is 1. The van der Waals surface area contributed by atoms with Crippen molar-refractivity contribution in [2.75, 3.05) is 23.4 Å². The maximum atomic E-state index is 11.1. The first-order valence-corrected chi connectivity index (χ1v) is 7.79. The first kappa shape index (κ1) is 14.0. The molecule has 1 aliphatic heterocycles. The number of thiophene rings is 1. The molecule has 3 rings (SSSR count). The fraction of sp³-hybridized carbons (Fsp3) is 0.462. The zero-order valence-corrected chi connectivity index (χ0v) is 12.6. The quantitative estimate of drug-likeness (QED) is 0.580. The van der Waals surface area contributed by atoms with E-state index in [1.54, 1.807) is 18.3 Å². The minimum absolute atomic E-state index is 0.0327. The second-order valence-corrected chi connectivity index (χ2v) is 6.01. The third-order valence-electron chi connectivity index (χ3n) is 3.64. The summed E-state index contributed by atoms with van der Waals surface area (Å²) < 4.78 is 0. The van der Waals surface area contributed by atoms with Gasteiger partial charge in [-0.3, -0.25) is 10.2 Å². The van der Waals surface area contributed by atoms with Crippen molar-refractivity contribution in [1.82, 2.24) is 15.3 Å². The summed E-state index contributed by atoms with van der Waals surface area (Å²) in [6.07, 6.45) is 1.83. The van der Waals surface area contributed by atoms with Crippen molar-refractivity contribution in [2.45, 2.75) is 25.8 Å². The summed E-state index contributed by atoms with van der Waals surface area (Å²) in [5, 5.41) is 6.04. The normalized spacial score (nSPS) is 16.2. The van der Waals surface area contributed by atoms with Crippen LogP contribution in [0.5, 0.6) is 0 Å². The second-order valence-electron chi connectivity index (χ2n) is 5.12. The van der Waals surface area contributed by atoms with E-state index in [1.807, 2.05) is 11.4 Å². The van der Waals surface area contributed by atoms with E-state index in [2.05, 4.69) is 25.6 Å². The summed E-state index contributed by atoms with van der Waals surface area (Å²) >= 11 is 1.57. The summed E-state index contributed by atoms with van der Waals surface area (Å²) in [5.41, 5.74) is 2.52. The van der Waals surface area contributed by atoms with Crippen molar-refractivity contribution in [1.29, 1.82) is 0 Å². The average Bonchev–Trinajstić information content (AvgIpc) is 2.94. The van der Waals surface area contributed by atoms with Gasteiger partial charge in [0.2, 0.25) is 11.9 Å². The van der Waals surface area contributed by atoms with Crippen LogP contribution in [0.2, 0.25) is 0 Å². The minimum Gasteiger partial charge on any atom is -0.356 e. The van der Waals surface area contributed by atoms with Crippen LogP contribution in [0.1, 0.15) is 19.8 Å². The Morgan fingerprint density at radius 1 is 1.43 bits per heavy atom. The number of nitrogens with one attached hydrogen (secondary N) is 2. The highest BCUT2D eigenvalue weighted by molar-refractivity contribution is 7.16. The fourth-order valence-electron chi connectivity index (χ4n) is 2.67. The number of amides is 1. The lowest BCUT2D eigenvalue weighted by Gasteiger charge is -2.33. The minimum atomic E-state index is 0.0327. The molecule has 0 bridgehead atoms. The third-order valence-corrected chi connectivity index (χ3v) is 4.44. The van der Waals surface area contributed by atoms with Crippen molar-refractivity contribution in [2.24, 2.45) is 5.84 Å². The SMILES string of the molecule is CC(=O)NC1CCN(c2nc(NN)nc3sccc23)CC1. The van der Waals surface area contributed by atoms with Crippen LogP contribution < -0.4 is 21.5 Å². The van der Waals surface area contributed by atoms with Crippen molar-refractivity contribution >= 4 is 39.2 Å². The zero-order chi connectivity index (χ0) is 14.8. The second kappa shape index (κ2) is 5.82. The Balaban J connectivity index is 1.81. The van der Waals surface area contributed by atoms with E-state index in [0.29, 0.717) is 5.95 Å². The Labute approximate surface area is 126 Å². The largest absolute Gasteiger partial charge is 0.356 e. The molecule has 8 heteroatoms. The lowest BCUT2D eigenvalue weighted by atomic mass is 10.0. The highest BCUT2D eigenvalue weighted by atomic mass is 32.1.